The molecule has 0 amide bonds. The Morgan fingerprint density at radius 2 is 1.11 bits per heavy atom. The Hall–Kier alpha value is 1.54. The molecule has 7 heteroatoms. The molecule has 0 bridgehead atoms. The van der Waals surface area contributed by atoms with Crippen LogP contribution in [0.5, 0.6) is 0 Å². The zero-order valence-electron chi connectivity index (χ0n) is 3.21. The van der Waals surface area contributed by atoms with Crippen molar-refractivity contribution in [3.8, 4) is 0 Å². The number of hydrogen-bond acceptors (Lipinski definition) is 2. The first-order chi connectivity index (χ1) is 2.64. The van der Waals surface area contributed by atoms with Crippen molar-refractivity contribution in [1.82, 2.24) is 0 Å². The fourth-order valence-corrected chi connectivity index (χ4v) is 0. The van der Waals surface area contributed by atoms with E-state index < -0.39 is 11.9 Å². The molecule has 0 atom stereocenters. The predicted octanol–water partition coefficient (Wildman–Crippen LogP) is -2.97. The number of aliphatic carboxylic acids is 2. The van der Waals surface area contributed by atoms with Gasteiger partial charge in [0.2, 0.25) is 0 Å². The Kier molecular flexibility index (Phi) is 30.5. The molecule has 0 radical (unpaired) electrons. The van der Waals surface area contributed by atoms with Gasteiger partial charge in [-0.3, -0.25) is 0 Å². The molecule has 0 aliphatic heterocycles. The number of carbonyl (C=O) groups is 2. The molecule has 46 valence electrons. The van der Waals surface area contributed by atoms with E-state index in [0.29, 0.717) is 0 Å². The summed E-state index contributed by atoms with van der Waals surface area (Å²) in [5.74, 6) is -3.65. The van der Waals surface area contributed by atoms with Crippen molar-refractivity contribution in [2.75, 3.05) is 0 Å². The topological polar surface area (TPSA) is 106 Å². The fraction of sp³-hybridized carbons (Fsp3) is 0. The van der Waals surface area contributed by atoms with E-state index in [4.69, 9.17) is 19.8 Å². The van der Waals surface area contributed by atoms with E-state index in [1.54, 1.807) is 0 Å². The van der Waals surface area contributed by atoms with Gasteiger partial charge in [0, 0.05) is 0 Å². The maximum atomic E-state index is 9.10. The van der Waals surface area contributed by atoms with Crippen LogP contribution < -0.4 is 0 Å². The number of carboxylic acids is 2. The van der Waals surface area contributed by atoms with Gasteiger partial charge in [0.05, 0.1) is 0 Å². The Morgan fingerprint density at radius 1 is 1.00 bits per heavy atom. The molecule has 0 saturated carbocycles. The van der Waals surface area contributed by atoms with Gasteiger partial charge in [0.25, 0.3) is 0 Å². The van der Waals surface area contributed by atoms with Crippen LogP contribution in [0, 0.1) is 0 Å². The summed E-state index contributed by atoms with van der Waals surface area (Å²) >= 11 is 0. The average molecular weight is 172 g/mol. The van der Waals surface area contributed by atoms with Crippen molar-refractivity contribution in [3.05, 3.63) is 0 Å². The van der Waals surface area contributed by atoms with Crippen molar-refractivity contribution >= 4 is 92.9 Å². The summed E-state index contributed by atoms with van der Waals surface area (Å²) in [5.41, 5.74) is 0. The van der Waals surface area contributed by atoms with E-state index in [2.05, 4.69) is 0 Å². The molecule has 4 N–H and O–H groups in total. The van der Waals surface area contributed by atoms with Gasteiger partial charge >= 0.3 is 92.9 Å². The molecule has 0 spiro atoms. The Balaban J connectivity index is -0.0000000417. The summed E-state index contributed by atoms with van der Waals surface area (Å²) < 4.78 is 0. The molecule has 0 aliphatic rings. The van der Waals surface area contributed by atoms with Gasteiger partial charge in [0.15, 0.2) is 0 Å². The van der Waals surface area contributed by atoms with Crippen LogP contribution in [0.4, 0.5) is 0 Å². The van der Waals surface area contributed by atoms with Crippen molar-refractivity contribution in [1.29, 1.82) is 0 Å². The van der Waals surface area contributed by atoms with Crippen LogP contribution in [-0.4, -0.2) is 109 Å². The second kappa shape index (κ2) is 12.2. The van der Waals surface area contributed by atoms with Gasteiger partial charge in [-0.15, -0.1) is 0 Å². The van der Waals surface area contributed by atoms with E-state index in [1.807, 2.05) is 0 Å². The molecule has 0 aliphatic carbocycles. The summed E-state index contributed by atoms with van der Waals surface area (Å²) in [7, 11) is 0. The molecule has 0 aromatic carbocycles. The van der Waals surface area contributed by atoms with Crippen molar-refractivity contribution in [2.24, 2.45) is 0 Å². The molecule has 5 nitrogen and oxygen atoms in total. The summed E-state index contributed by atoms with van der Waals surface area (Å²) in [6, 6.07) is 0. The van der Waals surface area contributed by atoms with Crippen LogP contribution in [0.2, 0.25) is 0 Å². The Morgan fingerprint density at radius 3 is 1.11 bits per heavy atom. The molecular formula is C2H6KNaO5. The Bertz CT molecular complexity index is 81.0. The summed E-state index contributed by atoms with van der Waals surface area (Å²) in [6.07, 6.45) is 0. The summed E-state index contributed by atoms with van der Waals surface area (Å²) in [4.78, 5) is 18.2. The van der Waals surface area contributed by atoms with E-state index in [9.17, 15) is 0 Å². The number of carboxylic acid groups (broad SMARTS) is 2. The standard InChI is InChI=1S/C2H2O4.K.Na.H2O.2H/c3-1(4)2(5)6;;;;;/h(H,3,4)(H,5,6);;;1H2;;. The minimum absolute atomic E-state index is 0. The first kappa shape index (κ1) is 22.4. The van der Waals surface area contributed by atoms with Gasteiger partial charge in [-0.05, 0) is 0 Å². The zero-order valence-corrected chi connectivity index (χ0v) is 3.21. The van der Waals surface area contributed by atoms with Crippen LogP contribution in [0.1, 0.15) is 0 Å². The molecule has 0 heterocycles. The normalized spacial score (nSPS) is 4.89. The van der Waals surface area contributed by atoms with Gasteiger partial charge in [-0.25, -0.2) is 9.59 Å². The molecule has 9 heavy (non-hydrogen) atoms. The van der Waals surface area contributed by atoms with Crippen LogP contribution in [0.25, 0.3) is 0 Å². The zero-order chi connectivity index (χ0) is 5.15. The van der Waals surface area contributed by atoms with E-state index in [1.165, 1.54) is 0 Å². The van der Waals surface area contributed by atoms with E-state index in [0.717, 1.165) is 0 Å². The first-order valence-electron chi connectivity index (χ1n) is 1.11. The minimum atomic E-state index is -1.82. The van der Waals surface area contributed by atoms with E-state index in [-0.39, 0.29) is 86.4 Å². The average Bonchev–Trinajstić information content (AvgIpc) is 1.36. The molecule has 0 rings (SSSR count). The van der Waals surface area contributed by atoms with Gasteiger partial charge < -0.3 is 15.7 Å². The van der Waals surface area contributed by atoms with Crippen LogP contribution in [-0.2, 0) is 9.59 Å². The van der Waals surface area contributed by atoms with Gasteiger partial charge in [0.1, 0.15) is 0 Å². The third kappa shape index (κ3) is 17.7. The van der Waals surface area contributed by atoms with Crippen LogP contribution >= 0.6 is 0 Å². The summed E-state index contributed by atoms with van der Waals surface area (Å²) in [6.45, 7) is 0. The molecule has 0 aromatic rings. The molecule has 0 unspecified atom stereocenters. The Labute approximate surface area is 116 Å². The molecular weight excluding hydrogens is 166 g/mol. The quantitative estimate of drug-likeness (QED) is 0.300. The van der Waals surface area contributed by atoms with Gasteiger partial charge in [-0.2, -0.15) is 0 Å². The molecule has 0 fully saturated rings. The van der Waals surface area contributed by atoms with Crippen molar-refractivity contribution in [2.45, 2.75) is 0 Å². The van der Waals surface area contributed by atoms with Gasteiger partial charge in [-0.1, -0.05) is 0 Å². The second-order valence-corrected chi connectivity index (χ2v) is 0.610. The first-order valence-corrected chi connectivity index (χ1v) is 1.11. The fourth-order valence-electron chi connectivity index (χ4n) is 0. The summed E-state index contributed by atoms with van der Waals surface area (Å²) in [5, 5.41) is 14.8. The monoisotopic (exact) mass is 172 g/mol. The third-order valence-electron chi connectivity index (χ3n) is 0.183. The predicted molar refractivity (Wildman–Crippen MR) is 33.2 cm³/mol. The second-order valence-electron chi connectivity index (χ2n) is 0.610. The number of rotatable bonds is 0. The van der Waals surface area contributed by atoms with Crippen molar-refractivity contribution in [3.63, 3.8) is 0 Å². The maximum absolute atomic E-state index is 9.10. The molecule has 0 saturated heterocycles. The van der Waals surface area contributed by atoms with E-state index >= 15 is 0 Å². The van der Waals surface area contributed by atoms with Crippen LogP contribution in [0.15, 0.2) is 0 Å². The van der Waals surface area contributed by atoms with Crippen LogP contribution in [0.3, 0.4) is 0 Å². The third-order valence-corrected chi connectivity index (χ3v) is 0.183. The SMILES string of the molecule is O.O=C(O)C(=O)O.[KH].[NaH]. The molecule has 0 aromatic heterocycles. The van der Waals surface area contributed by atoms with Crippen molar-refractivity contribution < 1.29 is 25.3 Å². The number of hydrogen-bond donors (Lipinski definition) is 2.